The van der Waals surface area contributed by atoms with Gasteiger partial charge in [0.2, 0.25) is 0 Å². The third-order valence-corrected chi connectivity index (χ3v) is 4.62. The third kappa shape index (κ3) is 2.43. The number of furan rings is 1. The number of amides is 1. The quantitative estimate of drug-likeness (QED) is 0.880. The summed E-state index contributed by atoms with van der Waals surface area (Å²) in [4.78, 5) is 14.7. The largest absolute Gasteiger partial charge is 0.451 e. The zero-order valence-corrected chi connectivity index (χ0v) is 13.2. The highest BCUT2D eigenvalue weighted by atomic mass is 35.5. The minimum atomic E-state index is -0.0410. The molecule has 3 rings (SSSR count). The van der Waals surface area contributed by atoms with Gasteiger partial charge in [-0.3, -0.25) is 4.79 Å². The highest BCUT2D eigenvalue weighted by molar-refractivity contribution is 6.31. The highest BCUT2D eigenvalue weighted by Gasteiger charge is 2.31. The van der Waals surface area contributed by atoms with Gasteiger partial charge in [0.15, 0.2) is 5.76 Å². The molecule has 0 spiro atoms. The molecule has 2 aromatic rings. The molecule has 0 bridgehead atoms. The number of carbonyl (C=O) groups is 1. The molecular formula is C16H19ClN2O2. The van der Waals surface area contributed by atoms with Crippen LogP contribution < -0.4 is 5.32 Å². The molecule has 1 fully saturated rings. The van der Waals surface area contributed by atoms with E-state index in [1.807, 2.05) is 24.0 Å². The van der Waals surface area contributed by atoms with E-state index in [0.717, 1.165) is 17.5 Å². The van der Waals surface area contributed by atoms with E-state index >= 15 is 0 Å². The number of carbonyl (C=O) groups excluding carboxylic acids is 1. The topological polar surface area (TPSA) is 45.5 Å². The molecule has 1 saturated heterocycles. The van der Waals surface area contributed by atoms with Crippen molar-refractivity contribution >= 4 is 28.5 Å². The van der Waals surface area contributed by atoms with Gasteiger partial charge in [0.1, 0.15) is 5.58 Å². The van der Waals surface area contributed by atoms with Crippen molar-refractivity contribution in [2.75, 3.05) is 13.1 Å². The standard InChI is InChI=1S/C16H19ClN2O2/c1-9-13-8-12(17)4-5-14(13)21-15(9)16(20)19-7-6-18-10(2)11(19)3/h4-5,8,10-11,18H,6-7H2,1-3H3. The van der Waals surface area contributed by atoms with Crippen LogP contribution in [0, 0.1) is 6.92 Å². The first kappa shape index (κ1) is 14.4. The van der Waals surface area contributed by atoms with Crippen LogP contribution >= 0.6 is 11.6 Å². The van der Waals surface area contributed by atoms with Gasteiger partial charge in [-0.25, -0.2) is 0 Å². The van der Waals surface area contributed by atoms with E-state index in [4.69, 9.17) is 16.0 Å². The number of rotatable bonds is 1. The van der Waals surface area contributed by atoms with E-state index in [1.54, 1.807) is 6.07 Å². The summed E-state index contributed by atoms with van der Waals surface area (Å²) in [6, 6.07) is 5.85. The number of piperazine rings is 1. The maximum atomic E-state index is 12.8. The molecule has 2 heterocycles. The second-order valence-corrected chi connectivity index (χ2v) is 6.12. The Hall–Kier alpha value is -1.52. The van der Waals surface area contributed by atoms with Gasteiger partial charge in [0, 0.05) is 41.1 Å². The summed E-state index contributed by atoms with van der Waals surface area (Å²) in [5.41, 5.74) is 1.56. The zero-order chi connectivity index (χ0) is 15.1. The first-order chi connectivity index (χ1) is 9.99. The summed E-state index contributed by atoms with van der Waals surface area (Å²) in [6.07, 6.45) is 0. The number of nitrogens with one attached hydrogen (secondary N) is 1. The summed E-state index contributed by atoms with van der Waals surface area (Å²) in [5, 5.41) is 4.93. The predicted octanol–water partition coefficient (Wildman–Crippen LogP) is 3.22. The van der Waals surface area contributed by atoms with E-state index in [9.17, 15) is 4.79 Å². The van der Waals surface area contributed by atoms with Crippen molar-refractivity contribution in [1.82, 2.24) is 10.2 Å². The number of hydrogen-bond donors (Lipinski definition) is 1. The second-order valence-electron chi connectivity index (χ2n) is 5.68. The van der Waals surface area contributed by atoms with Crippen molar-refractivity contribution in [1.29, 1.82) is 0 Å². The van der Waals surface area contributed by atoms with E-state index in [2.05, 4.69) is 19.2 Å². The van der Waals surface area contributed by atoms with Crippen LogP contribution in [0.2, 0.25) is 5.02 Å². The molecule has 2 atom stereocenters. The third-order valence-electron chi connectivity index (χ3n) is 4.39. The average Bonchev–Trinajstić information content (AvgIpc) is 2.78. The monoisotopic (exact) mass is 306 g/mol. The van der Waals surface area contributed by atoms with Crippen LogP contribution in [0.3, 0.4) is 0 Å². The van der Waals surface area contributed by atoms with Crippen molar-refractivity contribution in [3.63, 3.8) is 0 Å². The molecule has 1 aromatic carbocycles. The summed E-state index contributed by atoms with van der Waals surface area (Å²) in [6.45, 7) is 7.56. The molecule has 0 aliphatic carbocycles. The molecule has 2 unspecified atom stereocenters. The van der Waals surface area contributed by atoms with Crippen LogP contribution in [0.5, 0.6) is 0 Å². The number of benzene rings is 1. The highest BCUT2D eigenvalue weighted by Crippen LogP contribution is 2.29. The van der Waals surface area contributed by atoms with Gasteiger partial charge >= 0.3 is 0 Å². The summed E-state index contributed by atoms with van der Waals surface area (Å²) < 4.78 is 5.78. The Morgan fingerprint density at radius 1 is 1.43 bits per heavy atom. The SMILES string of the molecule is Cc1c(C(=O)N2CCNC(C)C2C)oc2ccc(Cl)cc12. The molecular weight excluding hydrogens is 288 g/mol. The van der Waals surface area contributed by atoms with E-state index in [0.29, 0.717) is 22.9 Å². The van der Waals surface area contributed by atoms with Crippen molar-refractivity contribution in [3.8, 4) is 0 Å². The molecule has 0 radical (unpaired) electrons. The van der Waals surface area contributed by atoms with Crippen LogP contribution in [0.4, 0.5) is 0 Å². The van der Waals surface area contributed by atoms with Crippen LogP contribution in [0.1, 0.15) is 30.0 Å². The Morgan fingerprint density at radius 2 is 2.19 bits per heavy atom. The smallest absolute Gasteiger partial charge is 0.290 e. The van der Waals surface area contributed by atoms with Gasteiger partial charge in [-0.2, -0.15) is 0 Å². The maximum absolute atomic E-state index is 12.8. The molecule has 1 aliphatic heterocycles. The lowest BCUT2D eigenvalue weighted by Crippen LogP contribution is -2.57. The fraction of sp³-hybridized carbons (Fsp3) is 0.438. The van der Waals surface area contributed by atoms with Crippen molar-refractivity contribution in [2.45, 2.75) is 32.9 Å². The second kappa shape index (κ2) is 5.35. The molecule has 5 heteroatoms. The van der Waals surface area contributed by atoms with Gasteiger partial charge in [0.05, 0.1) is 0 Å². The zero-order valence-electron chi connectivity index (χ0n) is 12.4. The van der Waals surface area contributed by atoms with Gasteiger partial charge in [-0.1, -0.05) is 11.6 Å². The normalized spacial score (nSPS) is 22.8. The molecule has 21 heavy (non-hydrogen) atoms. The maximum Gasteiger partial charge on any atom is 0.290 e. The lowest BCUT2D eigenvalue weighted by molar-refractivity contribution is 0.0572. The Bertz CT molecular complexity index is 695. The number of nitrogens with zero attached hydrogens (tertiary/aromatic N) is 1. The fourth-order valence-electron chi connectivity index (χ4n) is 2.87. The van der Waals surface area contributed by atoms with E-state index < -0.39 is 0 Å². The molecule has 1 amide bonds. The Kier molecular flexibility index (Phi) is 3.68. The molecule has 1 N–H and O–H groups in total. The average molecular weight is 307 g/mol. The molecule has 4 nitrogen and oxygen atoms in total. The Labute approximate surface area is 129 Å². The molecule has 1 aromatic heterocycles. The molecule has 1 aliphatic rings. The van der Waals surface area contributed by atoms with Crippen LogP contribution in [0.25, 0.3) is 11.0 Å². The van der Waals surface area contributed by atoms with Crippen molar-refractivity contribution in [2.24, 2.45) is 0 Å². The number of fused-ring (bicyclic) bond motifs is 1. The lowest BCUT2D eigenvalue weighted by Gasteiger charge is -2.38. The first-order valence-corrected chi connectivity index (χ1v) is 7.60. The predicted molar refractivity (Wildman–Crippen MR) is 83.9 cm³/mol. The van der Waals surface area contributed by atoms with Gasteiger partial charge in [-0.15, -0.1) is 0 Å². The number of hydrogen-bond acceptors (Lipinski definition) is 3. The fourth-order valence-corrected chi connectivity index (χ4v) is 3.04. The van der Waals surface area contributed by atoms with Gasteiger partial charge < -0.3 is 14.6 Å². The molecule has 0 saturated carbocycles. The van der Waals surface area contributed by atoms with Crippen molar-refractivity contribution in [3.05, 3.63) is 34.5 Å². The minimum Gasteiger partial charge on any atom is -0.451 e. The Balaban J connectivity index is 2.00. The van der Waals surface area contributed by atoms with Crippen LogP contribution in [-0.2, 0) is 0 Å². The summed E-state index contributed by atoms with van der Waals surface area (Å²) in [7, 11) is 0. The minimum absolute atomic E-state index is 0.0410. The van der Waals surface area contributed by atoms with Gasteiger partial charge in [-0.05, 0) is 39.0 Å². The first-order valence-electron chi connectivity index (χ1n) is 7.22. The Morgan fingerprint density at radius 3 is 2.95 bits per heavy atom. The summed E-state index contributed by atoms with van der Waals surface area (Å²) in [5.74, 6) is 0.383. The number of halogens is 1. The van der Waals surface area contributed by atoms with E-state index in [1.165, 1.54) is 0 Å². The van der Waals surface area contributed by atoms with Crippen LogP contribution in [-0.4, -0.2) is 36.0 Å². The van der Waals surface area contributed by atoms with Gasteiger partial charge in [0.25, 0.3) is 5.91 Å². The molecule has 112 valence electrons. The van der Waals surface area contributed by atoms with E-state index in [-0.39, 0.29) is 18.0 Å². The lowest BCUT2D eigenvalue weighted by atomic mass is 10.1. The summed E-state index contributed by atoms with van der Waals surface area (Å²) >= 11 is 6.03. The van der Waals surface area contributed by atoms with Crippen molar-refractivity contribution < 1.29 is 9.21 Å². The van der Waals surface area contributed by atoms with Crippen LogP contribution in [0.15, 0.2) is 22.6 Å². The number of aryl methyl sites for hydroxylation is 1.